The fourth-order valence-corrected chi connectivity index (χ4v) is 2.02. The maximum atomic E-state index is 5.93. The Labute approximate surface area is 114 Å². The Morgan fingerprint density at radius 3 is 2.63 bits per heavy atom. The van der Waals surface area contributed by atoms with E-state index in [0.717, 1.165) is 37.7 Å². The molecule has 0 radical (unpaired) electrons. The quantitative estimate of drug-likeness (QED) is 0.645. The van der Waals surface area contributed by atoms with Gasteiger partial charge in [-0.05, 0) is 24.6 Å². The Balaban J connectivity index is 2.34. The van der Waals surface area contributed by atoms with Crippen LogP contribution in [0.15, 0.2) is 23.2 Å². The van der Waals surface area contributed by atoms with Gasteiger partial charge in [-0.1, -0.05) is 6.07 Å². The van der Waals surface area contributed by atoms with Gasteiger partial charge >= 0.3 is 0 Å². The third-order valence-electron chi connectivity index (χ3n) is 3.18. The normalized spacial score (nSPS) is 16.6. The van der Waals surface area contributed by atoms with Gasteiger partial charge in [-0.3, -0.25) is 0 Å². The van der Waals surface area contributed by atoms with Crippen molar-refractivity contribution in [3.63, 3.8) is 0 Å². The van der Waals surface area contributed by atoms with Crippen LogP contribution in [0.5, 0.6) is 0 Å². The first-order valence-electron chi connectivity index (χ1n) is 6.53. The van der Waals surface area contributed by atoms with Crippen LogP contribution in [0.2, 0.25) is 0 Å². The fourth-order valence-electron chi connectivity index (χ4n) is 2.02. The van der Waals surface area contributed by atoms with Crippen LogP contribution >= 0.6 is 0 Å². The number of aryl methyl sites for hydroxylation is 1. The molecule has 104 valence electrons. The summed E-state index contributed by atoms with van der Waals surface area (Å²) in [7, 11) is 3.78. The number of nitrogens with zero attached hydrogens (tertiary/aromatic N) is 3. The maximum absolute atomic E-state index is 5.93. The van der Waals surface area contributed by atoms with Gasteiger partial charge < -0.3 is 20.3 Å². The topological polar surface area (TPSA) is 54.1 Å². The van der Waals surface area contributed by atoms with E-state index in [1.54, 1.807) is 0 Å². The molecule has 1 aliphatic heterocycles. The number of rotatable bonds is 2. The van der Waals surface area contributed by atoms with Crippen LogP contribution in [0, 0.1) is 6.92 Å². The minimum absolute atomic E-state index is 0.514. The second-order valence-corrected chi connectivity index (χ2v) is 4.96. The molecule has 0 saturated carbocycles. The molecule has 0 amide bonds. The predicted octanol–water partition coefficient (Wildman–Crippen LogP) is 1.34. The van der Waals surface area contributed by atoms with Crippen molar-refractivity contribution in [2.75, 3.05) is 45.3 Å². The average molecular weight is 262 g/mol. The Hall–Kier alpha value is -1.75. The van der Waals surface area contributed by atoms with E-state index in [0.29, 0.717) is 5.96 Å². The average Bonchev–Trinajstić information content (AvgIpc) is 2.39. The molecule has 2 N–H and O–H groups in total. The SMILES string of the molecule is Cc1ccc(N2CCOCC2)c(/N=C(\N)N(C)C)c1. The highest BCUT2D eigenvalue weighted by atomic mass is 16.5. The number of benzene rings is 1. The maximum Gasteiger partial charge on any atom is 0.196 e. The predicted molar refractivity (Wildman–Crippen MR) is 79.2 cm³/mol. The molecule has 2 rings (SSSR count). The van der Waals surface area contributed by atoms with Crippen LogP contribution in [0.25, 0.3) is 0 Å². The summed E-state index contributed by atoms with van der Waals surface area (Å²) in [6.45, 7) is 5.38. The lowest BCUT2D eigenvalue weighted by atomic mass is 10.1. The lowest BCUT2D eigenvalue weighted by molar-refractivity contribution is 0.123. The molecule has 5 heteroatoms. The van der Waals surface area contributed by atoms with Crippen molar-refractivity contribution in [3.05, 3.63) is 23.8 Å². The zero-order valence-electron chi connectivity index (χ0n) is 11.9. The van der Waals surface area contributed by atoms with Gasteiger partial charge in [-0.15, -0.1) is 0 Å². The molecule has 0 aliphatic carbocycles. The van der Waals surface area contributed by atoms with E-state index in [-0.39, 0.29) is 0 Å². The number of morpholine rings is 1. The van der Waals surface area contributed by atoms with Gasteiger partial charge in [-0.2, -0.15) is 0 Å². The molecule has 1 saturated heterocycles. The van der Waals surface area contributed by atoms with Crippen LogP contribution in [0.4, 0.5) is 11.4 Å². The van der Waals surface area contributed by atoms with E-state index in [1.165, 1.54) is 5.56 Å². The highest BCUT2D eigenvalue weighted by molar-refractivity contribution is 5.83. The summed E-state index contributed by atoms with van der Waals surface area (Å²) in [6, 6.07) is 6.29. The third kappa shape index (κ3) is 3.38. The van der Waals surface area contributed by atoms with E-state index in [9.17, 15) is 0 Å². The van der Waals surface area contributed by atoms with Gasteiger partial charge in [0.2, 0.25) is 0 Å². The summed E-state index contributed by atoms with van der Waals surface area (Å²) < 4.78 is 5.39. The van der Waals surface area contributed by atoms with Crippen LogP contribution in [0.3, 0.4) is 0 Å². The van der Waals surface area contributed by atoms with Crippen molar-refractivity contribution in [1.82, 2.24) is 4.90 Å². The minimum Gasteiger partial charge on any atom is -0.378 e. The Bertz CT molecular complexity index is 465. The van der Waals surface area contributed by atoms with Gasteiger partial charge in [0.25, 0.3) is 0 Å². The standard InChI is InChI=1S/C14H22N4O/c1-11-4-5-13(18-6-8-19-9-7-18)12(10-11)16-14(15)17(2)3/h4-5,10H,6-9H2,1-3H3,(H2,15,16). The summed E-state index contributed by atoms with van der Waals surface area (Å²) in [5, 5.41) is 0. The van der Waals surface area contributed by atoms with Gasteiger partial charge in [-0.25, -0.2) is 4.99 Å². The molecule has 19 heavy (non-hydrogen) atoms. The summed E-state index contributed by atoms with van der Waals surface area (Å²) >= 11 is 0. The highest BCUT2D eigenvalue weighted by Crippen LogP contribution is 2.30. The summed E-state index contributed by atoms with van der Waals surface area (Å²) in [5.41, 5.74) is 9.16. The van der Waals surface area contributed by atoms with Crippen molar-refractivity contribution >= 4 is 17.3 Å². The molecule has 0 atom stereocenters. The first-order valence-corrected chi connectivity index (χ1v) is 6.53. The molecule has 0 spiro atoms. The molecular formula is C14H22N4O. The molecule has 0 aromatic heterocycles. The van der Waals surface area contributed by atoms with Gasteiger partial charge in [0.05, 0.1) is 24.6 Å². The molecule has 5 nitrogen and oxygen atoms in total. The second kappa shape index (κ2) is 5.93. The summed E-state index contributed by atoms with van der Waals surface area (Å²) in [4.78, 5) is 8.64. The smallest absolute Gasteiger partial charge is 0.196 e. The highest BCUT2D eigenvalue weighted by Gasteiger charge is 2.15. The van der Waals surface area contributed by atoms with E-state index in [1.807, 2.05) is 19.0 Å². The largest absolute Gasteiger partial charge is 0.378 e. The molecule has 1 aromatic carbocycles. The zero-order valence-corrected chi connectivity index (χ0v) is 11.9. The van der Waals surface area contributed by atoms with E-state index >= 15 is 0 Å². The Morgan fingerprint density at radius 1 is 1.32 bits per heavy atom. The lowest BCUT2D eigenvalue weighted by Gasteiger charge is -2.30. The van der Waals surface area contributed by atoms with Crippen molar-refractivity contribution in [3.8, 4) is 0 Å². The fraction of sp³-hybridized carbons (Fsp3) is 0.500. The van der Waals surface area contributed by atoms with Crippen LogP contribution in [0.1, 0.15) is 5.56 Å². The van der Waals surface area contributed by atoms with E-state index in [2.05, 4.69) is 35.0 Å². The summed E-state index contributed by atoms with van der Waals surface area (Å²) in [5.74, 6) is 0.514. The van der Waals surface area contributed by atoms with E-state index in [4.69, 9.17) is 10.5 Å². The number of anilines is 1. The number of guanidine groups is 1. The number of aliphatic imine (C=N–C) groups is 1. The Kier molecular flexibility index (Phi) is 4.27. The third-order valence-corrected chi connectivity index (χ3v) is 3.18. The van der Waals surface area contributed by atoms with Crippen molar-refractivity contribution in [1.29, 1.82) is 0 Å². The van der Waals surface area contributed by atoms with Crippen molar-refractivity contribution in [2.45, 2.75) is 6.92 Å². The van der Waals surface area contributed by atoms with Gasteiger partial charge in [0.15, 0.2) is 5.96 Å². The number of nitrogens with two attached hydrogens (primary N) is 1. The van der Waals surface area contributed by atoms with Crippen LogP contribution in [-0.2, 0) is 4.74 Å². The van der Waals surface area contributed by atoms with Crippen molar-refractivity contribution in [2.24, 2.45) is 10.7 Å². The monoisotopic (exact) mass is 262 g/mol. The molecule has 0 unspecified atom stereocenters. The van der Waals surface area contributed by atoms with Gasteiger partial charge in [0, 0.05) is 27.2 Å². The molecule has 0 bridgehead atoms. The first-order chi connectivity index (χ1) is 9.08. The second-order valence-electron chi connectivity index (χ2n) is 4.96. The van der Waals surface area contributed by atoms with E-state index < -0.39 is 0 Å². The number of hydrogen-bond acceptors (Lipinski definition) is 3. The molecule has 1 aliphatic rings. The summed E-state index contributed by atoms with van der Waals surface area (Å²) in [6.07, 6.45) is 0. The first kappa shape index (κ1) is 13.7. The molecular weight excluding hydrogens is 240 g/mol. The Morgan fingerprint density at radius 2 is 2.00 bits per heavy atom. The number of ether oxygens (including phenoxy) is 1. The minimum atomic E-state index is 0.514. The van der Waals surface area contributed by atoms with Crippen molar-refractivity contribution < 1.29 is 4.74 Å². The lowest BCUT2D eigenvalue weighted by Crippen LogP contribution is -2.36. The van der Waals surface area contributed by atoms with Gasteiger partial charge in [0.1, 0.15) is 0 Å². The van der Waals surface area contributed by atoms with Crippen LogP contribution in [-0.4, -0.2) is 51.3 Å². The molecule has 1 fully saturated rings. The molecule has 1 aromatic rings. The molecule has 1 heterocycles. The zero-order chi connectivity index (χ0) is 13.8. The number of hydrogen-bond donors (Lipinski definition) is 1. The van der Waals surface area contributed by atoms with Crippen LogP contribution < -0.4 is 10.6 Å².